The molecule has 1 aliphatic heterocycles. The third-order valence-corrected chi connectivity index (χ3v) is 7.84. The molecule has 176 valence electrons. The molecule has 1 fully saturated rings. The molecule has 0 bridgehead atoms. The molecule has 2 aromatic heterocycles. The van der Waals surface area contributed by atoms with E-state index in [0.29, 0.717) is 49.8 Å². The molecule has 0 aliphatic carbocycles. The lowest BCUT2D eigenvalue weighted by Crippen LogP contribution is -2.35. The van der Waals surface area contributed by atoms with Crippen molar-refractivity contribution in [2.75, 3.05) is 38.2 Å². The first-order chi connectivity index (χ1) is 16.4. The fraction of sp³-hybridized carbons (Fsp3) is 0.250. The third-order valence-electron chi connectivity index (χ3n) is 5.93. The first kappa shape index (κ1) is 22.3. The Morgan fingerprint density at radius 1 is 0.912 bits per heavy atom. The predicted molar refractivity (Wildman–Crippen MR) is 127 cm³/mol. The van der Waals surface area contributed by atoms with Crippen LogP contribution < -0.4 is 9.64 Å². The molecule has 34 heavy (non-hydrogen) atoms. The number of anilines is 1. The second kappa shape index (κ2) is 9.03. The van der Waals surface area contributed by atoms with Gasteiger partial charge in [0.25, 0.3) is 0 Å². The Morgan fingerprint density at radius 3 is 2.41 bits per heavy atom. The second-order valence-corrected chi connectivity index (χ2v) is 9.98. The largest absolute Gasteiger partial charge is 0.497 e. The van der Waals surface area contributed by atoms with Crippen LogP contribution >= 0.6 is 0 Å². The van der Waals surface area contributed by atoms with Gasteiger partial charge < -0.3 is 9.64 Å². The van der Waals surface area contributed by atoms with Crippen LogP contribution in [0.1, 0.15) is 6.42 Å². The highest BCUT2D eigenvalue weighted by molar-refractivity contribution is 7.89. The zero-order valence-corrected chi connectivity index (χ0v) is 19.4. The molecular formula is C24H24FN5O3S. The predicted octanol–water partition coefficient (Wildman–Crippen LogP) is 3.45. The number of methoxy groups -OCH3 is 1. The van der Waals surface area contributed by atoms with Gasteiger partial charge >= 0.3 is 0 Å². The van der Waals surface area contributed by atoms with Crippen LogP contribution in [0.15, 0.2) is 71.9 Å². The second-order valence-electron chi connectivity index (χ2n) is 8.05. The lowest BCUT2D eigenvalue weighted by Gasteiger charge is -2.22. The van der Waals surface area contributed by atoms with Gasteiger partial charge in [-0.15, -0.1) is 0 Å². The van der Waals surface area contributed by atoms with E-state index in [9.17, 15) is 12.8 Å². The lowest BCUT2D eigenvalue weighted by atomic mass is 10.2. The number of hydrogen-bond donors (Lipinski definition) is 0. The van der Waals surface area contributed by atoms with Crippen LogP contribution in [0, 0.1) is 5.82 Å². The van der Waals surface area contributed by atoms with Crippen molar-refractivity contribution in [2.45, 2.75) is 11.3 Å². The van der Waals surface area contributed by atoms with Crippen molar-refractivity contribution in [2.24, 2.45) is 0 Å². The summed E-state index contributed by atoms with van der Waals surface area (Å²) in [5.74, 6) is 1.59. The average molecular weight is 482 g/mol. The molecule has 4 aromatic rings. The van der Waals surface area contributed by atoms with Crippen LogP contribution in [-0.2, 0) is 10.0 Å². The number of halogens is 1. The Kier molecular flexibility index (Phi) is 5.93. The highest BCUT2D eigenvalue weighted by Crippen LogP contribution is 2.23. The number of nitrogens with zero attached hydrogens (tertiary/aromatic N) is 5. The summed E-state index contributed by atoms with van der Waals surface area (Å²) in [4.78, 5) is 11.6. The van der Waals surface area contributed by atoms with E-state index in [0.717, 1.165) is 11.4 Å². The smallest absolute Gasteiger partial charge is 0.243 e. The van der Waals surface area contributed by atoms with Gasteiger partial charge in [0.05, 0.1) is 17.7 Å². The van der Waals surface area contributed by atoms with E-state index in [1.165, 1.54) is 16.4 Å². The van der Waals surface area contributed by atoms with Crippen LogP contribution in [0.25, 0.3) is 17.0 Å². The van der Waals surface area contributed by atoms with E-state index in [2.05, 4.69) is 9.88 Å². The number of benzene rings is 2. The Bertz CT molecular complexity index is 1410. The minimum Gasteiger partial charge on any atom is -0.497 e. The fourth-order valence-corrected chi connectivity index (χ4v) is 5.53. The van der Waals surface area contributed by atoms with Gasteiger partial charge in [0.2, 0.25) is 15.8 Å². The normalized spacial score (nSPS) is 15.4. The van der Waals surface area contributed by atoms with Crippen molar-refractivity contribution in [3.8, 4) is 17.0 Å². The van der Waals surface area contributed by atoms with Crippen molar-refractivity contribution in [3.63, 3.8) is 0 Å². The maximum Gasteiger partial charge on any atom is 0.243 e. The number of hydrogen-bond acceptors (Lipinski definition) is 6. The summed E-state index contributed by atoms with van der Waals surface area (Å²) in [6.45, 7) is 2.00. The molecule has 0 atom stereocenters. The van der Waals surface area contributed by atoms with Crippen LogP contribution in [0.5, 0.6) is 5.75 Å². The molecule has 0 unspecified atom stereocenters. The zero-order valence-electron chi connectivity index (χ0n) is 18.6. The van der Waals surface area contributed by atoms with Crippen LogP contribution in [0.3, 0.4) is 0 Å². The van der Waals surface area contributed by atoms with Gasteiger partial charge in [-0.1, -0.05) is 0 Å². The summed E-state index contributed by atoms with van der Waals surface area (Å²) in [5.41, 5.74) is 1.51. The molecule has 10 heteroatoms. The molecule has 0 amide bonds. The molecule has 0 radical (unpaired) electrons. The average Bonchev–Trinajstić information content (AvgIpc) is 3.11. The molecule has 3 heterocycles. The first-order valence-corrected chi connectivity index (χ1v) is 12.4. The summed E-state index contributed by atoms with van der Waals surface area (Å²) in [7, 11) is -2.05. The number of aromatic nitrogens is 3. The van der Waals surface area contributed by atoms with Crippen LogP contribution in [0.2, 0.25) is 0 Å². The van der Waals surface area contributed by atoms with Gasteiger partial charge in [0, 0.05) is 44.1 Å². The maximum absolute atomic E-state index is 13.2. The Morgan fingerprint density at radius 2 is 1.68 bits per heavy atom. The third kappa shape index (κ3) is 4.34. The number of imidazole rings is 1. The van der Waals surface area contributed by atoms with Gasteiger partial charge in [-0.05, 0) is 61.0 Å². The van der Waals surface area contributed by atoms with E-state index in [1.807, 2.05) is 22.9 Å². The molecule has 0 N–H and O–H groups in total. The van der Waals surface area contributed by atoms with Crippen molar-refractivity contribution in [1.82, 2.24) is 18.7 Å². The minimum absolute atomic E-state index is 0.256. The van der Waals surface area contributed by atoms with E-state index >= 15 is 0 Å². The summed E-state index contributed by atoms with van der Waals surface area (Å²) in [5, 5.41) is 0. The van der Waals surface area contributed by atoms with Gasteiger partial charge in [-0.25, -0.2) is 17.8 Å². The topological polar surface area (TPSA) is 80.0 Å². The summed E-state index contributed by atoms with van der Waals surface area (Å²) in [6, 6.07) is 14.5. The molecule has 8 nitrogen and oxygen atoms in total. The number of sulfonamides is 1. The number of rotatable bonds is 5. The molecular weight excluding hydrogens is 457 g/mol. The summed E-state index contributed by atoms with van der Waals surface area (Å²) in [6.07, 6.45) is 4.41. The summed E-state index contributed by atoms with van der Waals surface area (Å²) >= 11 is 0. The van der Waals surface area contributed by atoms with E-state index < -0.39 is 10.0 Å². The molecule has 1 aliphatic rings. The van der Waals surface area contributed by atoms with E-state index in [4.69, 9.17) is 9.72 Å². The van der Waals surface area contributed by atoms with Gasteiger partial charge in [0.1, 0.15) is 17.4 Å². The standard InChI is InChI=1S/C24H24FN5O3S/c1-33-20-7-9-21(10-8-20)34(31,32)30-13-2-12-28(15-16-30)23-11-14-29-17-22(26-24(29)27-23)18-3-5-19(25)6-4-18/h3-11,14,17H,2,12-13,15-16H2,1H3. The molecule has 1 saturated heterocycles. The van der Waals surface area contributed by atoms with Crippen molar-refractivity contribution in [1.29, 1.82) is 0 Å². The Labute approximate surface area is 197 Å². The number of fused-ring (bicyclic) bond motifs is 1. The maximum atomic E-state index is 13.2. The van der Waals surface area contributed by atoms with Gasteiger partial charge in [-0.3, -0.25) is 4.40 Å². The van der Waals surface area contributed by atoms with Gasteiger partial charge in [-0.2, -0.15) is 9.29 Å². The zero-order chi connectivity index (χ0) is 23.7. The fourth-order valence-electron chi connectivity index (χ4n) is 4.06. The van der Waals surface area contributed by atoms with Crippen molar-refractivity contribution in [3.05, 3.63) is 72.8 Å². The van der Waals surface area contributed by atoms with Crippen LogP contribution in [0.4, 0.5) is 10.2 Å². The van der Waals surface area contributed by atoms with E-state index in [-0.39, 0.29) is 10.7 Å². The highest BCUT2D eigenvalue weighted by atomic mass is 32.2. The quantitative estimate of drug-likeness (QED) is 0.435. The molecule has 5 rings (SSSR count). The molecule has 0 spiro atoms. The Hall–Kier alpha value is -3.50. The molecule has 2 aromatic carbocycles. The Balaban J connectivity index is 1.33. The van der Waals surface area contributed by atoms with Crippen LogP contribution in [-0.4, -0.2) is 60.4 Å². The SMILES string of the molecule is COc1ccc(S(=O)(=O)N2CCCN(c3ccn4cc(-c5ccc(F)cc5)nc4n3)CC2)cc1. The highest BCUT2D eigenvalue weighted by Gasteiger charge is 2.27. The number of ether oxygens (including phenoxy) is 1. The first-order valence-electron chi connectivity index (χ1n) is 10.9. The monoisotopic (exact) mass is 481 g/mol. The lowest BCUT2D eigenvalue weighted by molar-refractivity contribution is 0.413. The van der Waals surface area contributed by atoms with E-state index in [1.54, 1.807) is 43.5 Å². The van der Waals surface area contributed by atoms with Gasteiger partial charge in [0.15, 0.2) is 0 Å². The van der Waals surface area contributed by atoms with Crippen molar-refractivity contribution < 1.29 is 17.5 Å². The molecule has 0 saturated carbocycles. The minimum atomic E-state index is -3.59. The summed E-state index contributed by atoms with van der Waals surface area (Å²) < 4.78 is 48.0. The van der Waals surface area contributed by atoms with Crippen molar-refractivity contribution >= 4 is 21.6 Å².